The zero-order valence-corrected chi connectivity index (χ0v) is 12.8. The van der Waals surface area contributed by atoms with E-state index in [9.17, 15) is 10.1 Å². The molecule has 0 saturated heterocycles. The normalized spacial score (nSPS) is 18.4. The number of hydrogen-bond donors (Lipinski definition) is 0. The fraction of sp³-hybridized carbons (Fsp3) is 0.500. The first-order valence-electron chi connectivity index (χ1n) is 6.76. The highest BCUT2D eigenvalue weighted by atomic mass is 16.2. The van der Waals surface area contributed by atoms with Gasteiger partial charge in [0.25, 0.3) is 5.91 Å². The Labute approximate surface area is 120 Å². The first-order chi connectivity index (χ1) is 9.25. The molecule has 20 heavy (non-hydrogen) atoms. The van der Waals surface area contributed by atoms with Crippen LogP contribution in [0.25, 0.3) is 0 Å². The molecule has 0 radical (unpaired) electrons. The van der Waals surface area contributed by atoms with Crippen molar-refractivity contribution >= 4 is 5.91 Å². The van der Waals surface area contributed by atoms with Crippen LogP contribution in [0.5, 0.6) is 0 Å². The SMILES string of the molecule is CN(C)Cc1ccc2c(c1)C(C#N)N(C(C)(C)C)C2=O. The monoisotopic (exact) mass is 271 g/mol. The largest absolute Gasteiger partial charge is 0.314 e. The summed E-state index contributed by atoms with van der Waals surface area (Å²) in [6.45, 7) is 6.68. The van der Waals surface area contributed by atoms with Crippen LogP contribution >= 0.6 is 0 Å². The smallest absolute Gasteiger partial charge is 0.256 e. The van der Waals surface area contributed by atoms with Crippen molar-refractivity contribution in [2.75, 3.05) is 14.1 Å². The summed E-state index contributed by atoms with van der Waals surface area (Å²) < 4.78 is 0. The highest BCUT2D eigenvalue weighted by molar-refractivity contribution is 6.00. The molecule has 1 aromatic carbocycles. The minimum Gasteiger partial charge on any atom is -0.314 e. The zero-order chi connectivity index (χ0) is 15.1. The highest BCUT2D eigenvalue weighted by Crippen LogP contribution is 2.38. The second kappa shape index (κ2) is 4.92. The molecule has 4 heteroatoms. The van der Waals surface area contributed by atoms with Gasteiger partial charge in [0.2, 0.25) is 0 Å². The third-order valence-electron chi connectivity index (χ3n) is 3.46. The van der Waals surface area contributed by atoms with E-state index < -0.39 is 6.04 Å². The van der Waals surface area contributed by atoms with Crippen LogP contribution in [-0.2, 0) is 6.54 Å². The van der Waals surface area contributed by atoms with Gasteiger partial charge in [-0.05, 0) is 46.5 Å². The number of nitrogens with zero attached hydrogens (tertiary/aromatic N) is 3. The van der Waals surface area contributed by atoms with Crippen molar-refractivity contribution in [2.45, 2.75) is 38.9 Å². The van der Waals surface area contributed by atoms with Gasteiger partial charge in [-0.25, -0.2) is 0 Å². The van der Waals surface area contributed by atoms with Gasteiger partial charge in [-0.3, -0.25) is 4.79 Å². The summed E-state index contributed by atoms with van der Waals surface area (Å²) in [5.74, 6) is -0.0459. The minimum absolute atomic E-state index is 0.0459. The molecule has 0 bridgehead atoms. The maximum Gasteiger partial charge on any atom is 0.256 e. The van der Waals surface area contributed by atoms with Crippen LogP contribution in [0.4, 0.5) is 0 Å². The second-order valence-electron chi connectivity index (χ2n) is 6.54. The molecule has 1 amide bonds. The summed E-state index contributed by atoms with van der Waals surface area (Å²) in [6, 6.07) is 7.61. The van der Waals surface area contributed by atoms with E-state index in [1.807, 2.05) is 53.1 Å². The number of benzene rings is 1. The summed E-state index contributed by atoms with van der Waals surface area (Å²) in [5.41, 5.74) is 2.26. The molecule has 0 aromatic heterocycles. The van der Waals surface area contributed by atoms with Crippen LogP contribution in [-0.4, -0.2) is 35.3 Å². The molecule has 1 aliphatic heterocycles. The van der Waals surface area contributed by atoms with Crippen molar-refractivity contribution < 1.29 is 4.79 Å². The Balaban J connectivity index is 2.48. The van der Waals surface area contributed by atoms with Crippen molar-refractivity contribution in [3.8, 4) is 6.07 Å². The Morgan fingerprint density at radius 3 is 2.50 bits per heavy atom. The van der Waals surface area contributed by atoms with Crippen molar-refractivity contribution in [1.29, 1.82) is 5.26 Å². The maximum absolute atomic E-state index is 12.5. The third-order valence-corrected chi connectivity index (χ3v) is 3.46. The van der Waals surface area contributed by atoms with Gasteiger partial charge < -0.3 is 9.80 Å². The number of hydrogen-bond acceptors (Lipinski definition) is 3. The van der Waals surface area contributed by atoms with Gasteiger partial charge in [0, 0.05) is 23.2 Å². The number of fused-ring (bicyclic) bond motifs is 1. The summed E-state index contributed by atoms with van der Waals surface area (Å²) in [7, 11) is 4.00. The molecule has 1 heterocycles. The quantitative estimate of drug-likeness (QED) is 0.830. The van der Waals surface area contributed by atoms with Crippen molar-refractivity contribution in [3.05, 3.63) is 34.9 Å². The Hall–Kier alpha value is -1.86. The molecule has 0 saturated carbocycles. The first-order valence-corrected chi connectivity index (χ1v) is 6.76. The summed E-state index contributed by atoms with van der Waals surface area (Å²) in [4.78, 5) is 16.3. The van der Waals surface area contributed by atoms with Crippen molar-refractivity contribution in [2.24, 2.45) is 0 Å². The first kappa shape index (κ1) is 14.5. The fourth-order valence-corrected chi connectivity index (χ4v) is 2.70. The van der Waals surface area contributed by atoms with E-state index in [-0.39, 0.29) is 11.4 Å². The van der Waals surface area contributed by atoms with Gasteiger partial charge in [0.15, 0.2) is 0 Å². The fourth-order valence-electron chi connectivity index (χ4n) is 2.70. The zero-order valence-electron chi connectivity index (χ0n) is 12.8. The standard InChI is InChI=1S/C16H21N3O/c1-16(2,3)19-14(9-17)13-8-11(10-18(4)5)6-7-12(13)15(19)20/h6-8,14H,10H2,1-5H3. The van der Waals surface area contributed by atoms with E-state index in [0.29, 0.717) is 5.56 Å². The molecule has 0 fully saturated rings. The lowest BCUT2D eigenvalue weighted by atomic mass is 10.0. The summed E-state index contributed by atoms with van der Waals surface area (Å²) in [5, 5.41) is 9.48. The molecular formula is C16H21N3O. The Bertz CT molecular complexity index is 578. The third kappa shape index (κ3) is 2.41. The lowest BCUT2D eigenvalue weighted by Crippen LogP contribution is -2.43. The molecule has 0 aliphatic carbocycles. The van der Waals surface area contributed by atoms with Gasteiger partial charge in [-0.1, -0.05) is 12.1 Å². The van der Waals surface area contributed by atoms with Crippen molar-refractivity contribution in [3.63, 3.8) is 0 Å². The number of nitriles is 1. The van der Waals surface area contributed by atoms with Gasteiger partial charge >= 0.3 is 0 Å². The average molecular weight is 271 g/mol. The van der Waals surface area contributed by atoms with Gasteiger partial charge in [0.05, 0.1) is 6.07 Å². The molecule has 106 valence electrons. The number of carbonyl (C=O) groups excluding carboxylic acids is 1. The number of rotatable bonds is 2. The molecular weight excluding hydrogens is 250 g/mol. The highest BCUT2D eigenvalue weighted by Gasteiger charge is 2.42. The Morgan fingerprint density at radius 2 is 2.00 bits per heavy atom. The average Bonchev–Trinajstić information content (AvgIpc) is 2.60. The Kier molecular flexibility index (Phi) is 3.58. The molecule has 0 spiro atoms. The second-order valence-corrected chi connectivity index (χ2v) is 6.54. The van der Waals surface area contributed by atoms with Crippen LogP contribution < -0.4 is 0 Å². The maximum atomic E-state index is 12.5. The molecule has 4 nitrogen and oxygen atoms in total. The minimum atomic E-state index is -0.486. The molecule has 2 rings (SSSR count). The topological polar surface area (TPSA) is 47.3 Å². The lowest BCUT2D eigenvalue weighted by Gasteiger charge is -2.34. The van der Waals surface area contributed by atoms with E-state index >= 15 is 0 Å². The summed E-state index contributed by atoms with van der Waals surface area (Å²) >= 11 is 0. The van der Waals surface area contributed by atoms with Crippen LogP contribution in [0, 0.1) is 11.3 Å². The van der Waals surface area contributed by atoms with Gasteiger partial charge in [0.1, 0.15) is 6.04 Å². The Morgan fingerprint density at radius 1 is 1.35 bits per heavy atom. The van der Waals surface area contributed by atoms with Crippen LogP contribution in [0.2, 0.25) is 0 Å². The van der Waals surface area contributed by atoms with Gasteiger partial charge in [-0.2, -0.15) is 5.26 Å². The van der Waals surface area contributed by atoms with E-state index in [4.69, 9.17) is 0 Å². The predicted octanol–water partition coefficient (Wildman–Crippen LogP) is 2.57. The predicted molar refractivity (Wildman–Crippen MR) is 78.1 cm³/mol. The van der Waals surface area contributed by atoms with Crippen LogP contribution in [0.3, 0.4) is 0 Å². The van der Waals surface area contributed by atoms with Gasteiger partial charge in [-0.15, -0.1) is 0 Å². The van der Waals surface area contributed by atoms with E-state index in [1.165, 1.54) is 0 Å². The van der Waals surface area contributed by atoms with Crippen molar-refractivity contribution in [1.82, 2.24) is 9.80 Å². The molecule has 1 atom stereocenters. The number of carbonyl (C=O) groups is 1. The summed E-state index contributed by atoms with van der Waals surface area (Å²) in [6.07, 6.45) is 0. The van der Waals surface area contributed by atoms with Crippen LogP contribution in [0.15, 0.2) is 18.2 Å². The molecule has 0 N–H and O–H groups in total. The molecule has 1 aliphatic rings. The number of amides is 1. The van der Waals surface area contributed by atoms with Crippen LogP contribution in [0.1, 0.15) is 48.3 Å². The van der Waals surface area contributed by atoms with E-state index in [1.54, 1.807) is 4.90 Å². The molecule has 1 unspecified atom stereocenters. The lowest BCUT2D eigenvalue weighted by molar-refractivity contribution is 0.0568. The molecule has 1 aromatic rings. The van der Waals surface area contributed by atoms with E-state index in [2.05, 4.69) is 11.0 Å². The van der Waals surface area contributed by atoms with E-state index in [0.717, 1.165) is 17.7 Å².